The zero-order valence-corrected chi connectivity index (χ0v) is 30.7. The first-order valence-electron chi connectivity index (χ1n) is 2.30. The first-order chi connectivity index (χ1) is 2.93. The van der Waals surface area contributed by atoms with Gasteiger partial charge in [-0.25, -0.2) is 0 Å². The molecule has 1 rings (SSSR count). The maximum atomic E-state index is 3.14. The van der Waals surface area contributed by atoms with Crippen LogP contribution < -0.4 is 5.32 Å². The quantitative estimate of drug-likeness (QED) is 0.403. The Labute approximate surface area is 202 Å². The SMILES string of the molecule is C[CH-]NC1[CH-]C1.[W+2].[W].[W].[W].[W].[W].[W].[W]. The van der Waals surface area contributed by atoms with Gasteiger partial charge in [-0.15, -0.1) is 0 Å². The molecule has 0 aromatic heterocycles. The molecule has 1 nitrogen and oxygen atoms in total. The molecular weight excluding hydrogens is 1540 g/mol. The molecule has 1 N–H and O–H groups in total. The molecule has 1 atom stereocenters. The van der Waals surface area contributed by atoms with Crippen molar-refractivity contribution in [3.05, 3.63) is 13.0 Å². The zero-order valence-electron chi connectivity index (χ0n) is 7.21. The molecule has 0 aromatic carbocycles. The normalized spacial score (nSPS) is 13.1. The van der Waals surface area contributed by atoms with Crippen LogP contribution in [0.25, 0.3) is 0 Å². The van der Waals surface area contributed by atoms with E-state index >= 15 is 0 Å². The molecule has 0 aliphatic heterocycles. The fourth-order valence-corrected chi connectivity index (χ4v) is 0.418. The van der Waals surface area contributed by atoms with E-state index in [-0.39, 0.29) is 169 Å². The molecule has 0 aromatic rings. The molecule has 0 amide bonds. The molecule has 0 saturated heterocycles. The summed E-state index contributed by atoms with van der Waals surface area (Å²) in [7, 11) is 0. The average Bonchev–Trinajstić information content (AvgIpc) is 2.21. The summed E-state index contributed by atoms with van der Waals surface area (Å²) in [4.78, 5) is 0. The van der Waals surface area contributed by atoms with Crippen molar-refractivity contribution in [1.82, 2.24) is 5.32 Å². The van der Waals surface area contributed by atoms with Crippen LogP contribution in [0.1, 0.15) is 13.3 Å². The van der Waals surface area contributed by atoms with Crippen LogP contribution in [0.5, 0.6) is 0 Å². The third-order valence-corrected chi connectivity index (χ3v) is 0.852. The number of hydrogen-bond donors (Lipinski definition) is 1. The Morgan fingerprint density at radius 3 is 1.36 bits per heavy atom. The Hall–Kier alpha value is 5.47. The summed E-state index contributed by atoms with van der Waals surface area (Å²) in [6.07, 6.45) is 3.49. The molecular formula is C5H9NW8. The molecule has 0 spiro atoms. The predicted molar refractivity (Wildman–Crippen MR) is 25.8 cm³/mol. The topological polar surface area (TPSA) is 12.0 Å². The van der Waals surface area contributed by atoms with E-state index in [1.54, 1.807) is 0 Å². The van der Waals surface area contributed by atoms with Crippen LogP contribution in [-0.4, -0.2) is 6.04 Å². The van der Waals surface area contributed by atoms with Gasteiger partial charge in [-0.1, -0.05) is 0 Å². The van der Waals surface area contributed by atoms with E-state index in [1.807, 2.05) is 13.5 Å². The van der Waals surface area contributed by atoms with Gasteiger partial charge in [0, 0.05) is 147 Å². The van der Waals surface area contributed by atoms with Crippen LogP contribution in [0.15, 0.2) is 0 Å². The fraction of sp³-hybridized carbons (Fsp3) is 0.600. The van der Waals surface area contributed by atoms with Gasteiger partial charge in [-0.3, -0.25) is 6.54 Å². The minimum atomic E-state index is 0. The van der Waals surface area contributed by atoms with Gasteiger partial charge in [-0.05, 0) is 0 Å². The molecule has 82 valence electrons. The van der Waals surface area contributed by atoms with Crippen LogP contribution in [0.4, 0.5) is 0 Å². The van der Waals surface area contributed by atoms with Crippen LogP contribution in [0.3, 0.4) is 0 Å². The molecule has 0 bridgehead atoms. The summed E-state index contributed by atoms with van der Waals surface area (Å²) in [6, 6.07) is 0.718. The Bertz CT molecular complexity index is 53.0. The van der Waals surface area contributed by atoms with Gasteiger partial charge in [0.15, 0.2) is 0 Å². The van der Waals surface area contributed by atoms with Crippen molar-refractivity contribution in [2.24, 2.45) is 0 Å². The maximum absolute atomic E-state index is 3.14. The average molecular weight is 1550 g/mol. The monoisotopic (exact) mass is 1550 g/mol. The summed E-state index contributed by atoms with van der Waals surface area (Å²) < 4.78 is 0. The Morgan fingerprint density at radius 2 is 1.29 bits per heavy atom. The van der Waals surface area contributed by atoms with Crippen LogP contribution >= 0.6 is 0 Å². The third kappa shape index (κ3) is 36.0. The Morgan fingerprint density at radius 1 is 1.00 bits per heavy atom. The largest absolute Gasteiger partial charge is 2.00 e. The van der Waals surface area contributed by atoms with Crippen molar-refractivity contribution in [1.29, 1.82) is 0 Å². The maximum Gasteiger partial charge on any atom is 2.00 e. The van der Waals surface area contributed by atoms with Crippen LogP contribution in [-0.2, 0) is 169 Å². The smallest absolute Gasteiger partial charge is 0.495 e. The first kappa shape index (κ1) is 50.5. The summed E-state index contributed by atoms with van der Waals surface area (Å²) in [6.45, 7) is 3.99. The summed E-state index contributed by atoms with van der Waals surface area (Å²) in [5.41, 5.74) is 0. The van der Waals surface area contributed by atoms with E-state index in [0.717, 1.165) is 6.04 Å². The summed E-state index contributed by atoms with van der Waals surface area (Å²) in [5, 5.41) is 3.14. The number of hydrogen-bond acceptors (Lipinski definition) is 1. The van der Waals surface area contributed by atoms with E-state index in [1.165, 1.54) is 6.42 Å². The van der Waals surface area contributed by atoms with Gasteiger partial charge in [0.05, 0.1) is 0 Å². The Kier molecular flexibility index (Phi) is 131. The molecule has 9 heteroatoms. The predicted octanol–water partition coefficient (Wildman–Crippen LogP) is 0.714. The van der Waals surface area contributed by atoms with Crippen LogP contribution in [0, 0.1) is 13.0 Å². The van der Waals surface area contributed by atoms with E-state index in [2.05, 4.69) is 11.7 Å². The number of nitrogens with one attached hydrogen (secondary N) is 1. The van der Waals surface area contributed by atoms with Crippen molar-refractivity contribution in [2.75, 3.05) is 0 Å². The van der Waals surface area contributed by atoms with Crippen molar-refractivity contribution >= 4 is 0 Å². The van der Waals surface area contributed by atoms with Crippen molar-refractivity contribution < 1.29 is 169 Å². The summed E-state index contributed by atoms with van der Waals surface area (Å²) in [5.74, 6) is 0. The molecule has 1 aliphatic carbocycles. The standard InChI is InChI=1S/C5H9N.8W/c1-2-6-5-3-4-5;;;;;;;;/h2-3,5-6H,4H2,1H3;;;;;;;;/q-2;;;;;;;;+2. The van der Waals surface area contributed by atoms with E-state index in [0.29, 0.717) is 0 Å². The molecule has 1 saturated carbocycles. The fourth-order valence-electron chi connectivity index (χ4n) is 0.418. The van der Waals surface area contributed by atoms with E-state index in [9.17, 15) is 0 Å². The minimum Gasteiger partial charge on any atom is -0.495 e. The van der Waals surface area contributed by atoms with Gasteiger partial charge in [0.25, 0.3) is 0 Å². The van der Waals surface area contributed by atoms with Gasteiger partial charge < -0.3 is 11.7 Å². The first-order valence-corrected chi connectivity index (χ1v) is 2.30. The minimum absolute atomic E-state index is 0. The second-order valence-electron chi connectivity index (χ2n) is 1.53. The summed E-state index contributed by atoms with van der Waals surface area (Å²) >= 11 is 0. The molecule has 0 heterocycles. The Balaban J connectivity index is -0.00000000750. The van der Waals surface area contributed by atoms with Gasteiger partial charge in [-0.2, -0.15) is 19.4 Å². The molecule has 1 fully saturated rings. The van der Waals surface area contributed by atoms with Crippen molar-refractivity contribution in [2.45, 2.75) is 19.4 Å². The molecule has 0 radical (unpaired) electrons. The molecule has 14 heavy (non-hydrogen) atoms. The van der Waals surface area contributed by atoms with E-state index < -0.39 is 0 Å². The second-order valence-corrected chi connectivity index (χ2v) is 1.53. The zero-order chi connectivity index (χ0) is 4.41. The van der Waals surface area contributed by atoms with Gasteiger partial charge in [0.1, 0.15) is 0 Å². The third-order valence-electron chi connectivity index (χ3n) is 0.852. The second kappa shape index (κ2) is 36.2. The van der Waals surface area contributed by atoms with Crippen LogP contribution in [0.2, 0.25) is 0 Å². The molecule has 1 aliphatic rings. The van der Waals surface area contributed by atoms with Gasteiger partial charge >= 0.3 is 21.1 Å². The van der Waals surface area contributed by atoms with Crippen molar-refractivity contribution in [3.8, 4) is 0 Å². The molecule has 1 unspecified atom stereocenters. The van der Waals surface area contributed by atoms with E-state index in [4.69, 9.17) is 0 Å². The van der Waals surface area contributed by atoms with Gasteiger partial charge in [0.2, 0.25) is 0 Å². The number of rotatable bonds is 2. The van der Waals surface area contributed by atoms with Crippen molar-refractivity contribution in [3.63, 3.8) is 0 Å².